The van der Waals surface area contributed by atoms with E-state index in [9.17, 15) is 9.59 Å². The second-order valence-electron chi connectivity index (χ2n) is 10.8. The molecule has 3 aliphatic rings. The molecule has 214 valence electrons. The highest BCUT2D eigenvalue weighted by molar-refractivity contribution is 6.34. The van der Waals surface area contributed by atoms with E-state index in [1.165, 1.54) is 14.2 Å². The van der Waals surface area contributed by atoms with Gasteiger partial charge in [0.15, 0.2) is 11.6 Å². The molecular weight excluding hydrogens is 564 g/mol. The Hall–Kier alpha value is -4.88. The number of nitrogens with zero attached hydrogens (tertiary/aromatic N) is 1. The Kier molecular flexibility index (Phi) is 6.36. The second-order valence-corrected chi connectivity index (χ2v) is 11.2. The Labute approximate surface area is 253 Å². The Morgan fingerprint density at radius 2 is 1.60 bits per heavy atom. The first-order valence-electron chi connectivity index (χ1n) is 13.9. The molecule has 1 spiro atoms. The first kappa shape index (κ1) is 27.0. The van der Waals surface area contributed by atoms with Gasteiger partial charge >= 0.3 is 0 Å². The fourth-order valence-corrected chi connectivity index (χ4v) is 7.34. The lowest BCUT2D eigenvalue weighted by Crippen LogP contribution is -2.51. The zero-order chi connectivity index (χ0) is 29.9. The lowest BCUT2D eigenvalue weighted by molar-refractivity contribution is -0.121. The van der Waals surface area contributed by atoms with Crippen molar-refractivity contribution in [3.8, 4) is 11.5 Å². The molecule has 7 rings (SSSR count). The van der Waals surface area contributed by atoms with E-state index in [2.05, 4.69) is 5.32 Å². The van der Waals surface area contributed by atoms with Gasteiger partial charge in [-0.05, 0) is 53.6 Å². The number of nitrogens with one attached hydrogen (secondary N) is 1. The number of amides is 1. The van der Waals surface area contributed by atoms with Crippen LogP contribution in [0.5, 0.6) is 11.5 Å². The summed E-state index contributed by atoms with van der Waals surface area (Å²) in [4.78, 5) is 46.4. The number of ether oxygens (including phenoxy) is 2. The molecule has 4 aromatic rings. The molecule has 1 fully saturated rings. The van der Waals surface area contributed by atoms with E-state index in [4.69, 9.17) is 21.1 Å². The van der Waals surface area contributed by atoms with Crippen molar-refractivity contribution in [2.24, 2.45) is 5.92 Å². The summed E-state index contributed by atoms with van der Waals surface area (Å²) >= 11 is 6.61. The number of hydrogen-bond donors (Lipinski definition) is 1. The van der Waals surface area contributed by atoms with Gasteiger partial charge < -0.3 is 19.7 Å². The van der Waals surface area contributed by atoms with Crippen LogP contribution in [-0.4, -0.2) is 43.8 Å². The van der Waals surface area contributed by atoms with Crippen LogP contribution in [0.25, 0.3) is 6.08 Å². The molecule has 3 aliphatic heterocycles. The Morgan fingerprint density at radius 1 is 0.860 bits per heavy atom. The maximum Gasteiger partial charge on any atom is 0.238 e. The molecule has 1 N–H and O–H groups in total. The van der Waals surface area contributed by atoms with Gasteiger partial charge in [0.2, 0.25) is 5.91 Å². The maximum absolute atomic E-state index is 15.1. The van der Waals surface area contributed by atoms with E-state index in [-0.39, 0.29) is 27.8 Å². The number of fused-ring (bicyclic) bond motifs is 6. The van der Waals surface area contributed by atoms with Crippen LogP contribution in [0.2, 0.25) is 5.02 Å². The molecule has 0 bridgehead atoms. The third-order valence-electron chi connectivity index (χ3n) is 8.90. The van der Waals surface area contributed by atoms with Crippen molar-refractivity contribution in [3.63, 3.8) is 0 Å². The van der Waals surface area contributed by atoms with Crippen molar-refractivity contribution < 1.29 is 23.9 Å². The Balaban J connectivity index is 1.56. The molecule has 0 saturated carbocycles. The van der Waals surface area contributed by atoms with E-state index < -0.39 is 29.2 Å². The number of methoxy groups -OCH3 is 2. The summed E-state index contributed by atoms with van der Waals surface area (Å²) in [7, 11) is 2.99. The molecule has 0 unspecified atom stereocenters. The van der Waals surface area contributed by atoms with Crippen LogP contribution in [0.15, 0.2) is 97.1 Å². The summed E-state index contributed by atoms with van der Waals surface area (Å²) < 4.78 is 11.1. The number of para-hydroxylation sites is 2. The molecule has 1 saturated heterocycles. The minimum absolute atomic E-state index is 0.220. The van der Waals surface area contributed by atoms with Gasteiger partial charge in [-0.3, -0.25) is 14.4 Å². The number of halogens is 1. The van der Waals surface area contributed by atoms with Crippen molar-refractivity contribution in [3.05, 3.63) is 124 Å². The number of Topliss-reactive ketones (excluding diaryl/α,β-unsaturated/α-hetero) is 2. The van der Waals surface area contributed by atoms with Crippen molar-refractivity contribution >= 4 is 46.5 Å². The van der Waals surface area contributed by atoms with Crippen LogP contribution >= 0.6 is 11.6 Å². The Bertz CT molecular complexity index is 1850. The van der Waals surface area contributed by atoms with Crippen molar-refractivity contribution in [2.75, 3.05) is 24.4 Å². The second kappa shape index (κ2) is 10.1. The summed E-state index contributed by atoms with van der Waals surface area (Å²) in [6, 6.07) is 25.1. The highest BCUT2D eigenvalue weighted by atomic mass is 35.5. The van der Waals surface area contributed by atoms with Gasteiger partial charge in [-0.1, -0.05) is 72.3 Å². The van der Waals surface area contributed by atoms with E-state index in [0.717, 1.165) is 11.3 Å². The summed E-state index contributed by atoms with van der Waals surface area (Å²) in [6.45, 7) is 0. The number of carbonyl (C=O) groups is 3. The quantitative estimate of drug-likeness (QED) is 0.269. The molecule has 4 aromatic carbocycles. The van der Waals surface area contributed by atoms with Crippen LogP contribution in [-0.2, 0) is 10.2 Å². The molecule has 0 aliphatic carbocycles. The predicted molar refractivity (Wildman–Crippen MR) is 165 cm³/mol. The average molecular weight is 591 g/mol. The fourth-order valence-electron chi connectivity index (χ4n) is 7.11. The van der Waals surface area contributed by atoms with Crippen LogP contribution in [0.4, 0.5) is 11.4 Å². The van der Waals surface area contributed by atoms with Crippen molar-refractivity contribution in [2.45, 2.75) is 17.5 Å². The first-order valence-corrected chi connectivity index (χ1v) is 14.3. The summed E-state index contributed by atoms with van der Waals surface area (Å²) in [5, 5.41) is 3.31. The molecule has 3 heterocycles. The standard InChI is InChI=1S/C35H27ClN2O5/c1-42-21-16-17-28(43-2)23(19-21)32(39)30-31(33(40)22-10-4-6-12-25(22)36)38-27-14-8-3-9-20(27)15-18-29(38)35(30)24-11-5-7-13-26(24)37-34(35)41/h3-19,29-31H,1-2H3,(H,37,41)/t29-,30-,31-,35+/m1/s1. The molecular formula is C35H27ClN2O5. The van der Waals surface area contributed by atoms with Crippen LogP contribution in [0, 0.1) is 5.92 Å². The number of hydrogen-bond acceptors (Lipinski definition) is 6. The van der Waals surface area contributed by atoms with E-state index in [1.54, 1.807) is 42.5 Å². The average Bonchev–Trinajstić information content (AvgIpc) is 3.52. The Morgan fingerprint density at radius 3 is 2.40 bits per heavy atom. The third-order valence-corrected chi connectivity index (χ3v) is 9.23. The van der Waals surface area contributed by atoms with Crippen LogP contribution in [0.1, 0.15) is 31.8 Å². The van der Waals surface area contributed by atoms with Crippen LogP contribution in [0.3, 0.4) is 0 Å². The molecule has 43 heavy (non-hydrogen) atoms. The lowest BCUT2D eigenvalue weighted by atomic mass is 9.64. The normalized spacial score (nSPS) is 22.9. The zero-order valence-electron chi connectivity index (χ0n) is 23.4. The van der Waals surface area contributed by atoms with Gasteiger partial charge in [-0.2, -0.15) is 0 Å². The van der Waals surface area contributed by atoms with Gasteiger partial charge in [-0.25, -0.2) is 0 Å². The third kappa shape index (κ3) is 3.78. The first-order chi connectivity index (χ1) is 20.9. The van der Waals surface area contributed by atoms with Gasteiger partial charge in [0.1, 0.15) is 23.0 Å². The minimum Gasteiger partial charge on any atom is -0.497 e. The van der Waals surface area contributed by atoms with Crippen molar-refractivity contribution in [1.82, 2.24) is 0 Å². The molecule has 0 aromatic heterocycles. The number of benzene rings is 4. The number of carbonyl (C=O) groups excluding carboxylic acids is 3. The predicted octanol–water partition coefficient (Wildman–Crippen LogP) is 6.21. The van der Waals surface area contributed by atoms with E-state index >= 15 is 4.79 Å². The lowest BCUT2D eigenvalue weighted by Gasteiger charge is -2.37. The van der Waals surface area contributed by atoms with Gasteiger partial charge in [0.05, 0.1) is 36.8 Å². The topological polar surface area (TPSA) is 84.9 Å². The van der Waals surface area contributed by atoms with E-state index in [0.29, 0.717) is 22.7 Å². The summed E-state index contributed by atoms with van der Waals surface area (Å²) in [5.74, 6) is -1.51. The largest absolute Gasteiger partial charge is 0.497 e. The van der Waals surface area contributed by atoms with Gasteiger partial charge in [0.25, 0.3) is 0 Å². The molecule has 4 atom stereocenters. The monoisotopic (exact) mass is 590 g/mol. The maximum atomic E-state index is 15.1. The molecule has 8 heteroatoms. The number of ketones is 2. The van der Waals surface area contributed by atoms with E-state index in [1.807, 2.05) is 65.6 Å². The fraction of sp³-hybridized carbons (Fsp3) is 0.171. The minimum atomic E-state index is -1.45. The van der Waals surface area contributed by atoms with Crippen LogP contribution < -0.4 is 19.7 Å². The van der Waals surface area contributed by atoms with Gasteiger partial charge in [-0.15, -0.1) is 0 Å². The smallest absolute Gasteiger partial charge is 0.238 e. The molecule has 7 nitrogen and oxygen atoms in total. The summed E-state index contributed by atoms with van der Waals surface area (Å²) in [5.41, 5.74) is 1.95. The summed E-state index contributed by atoms with van der Waals surface area (Å²) in [6.07, 6.45) is 3.90. The van der Waals surface area contributed by atoms with Gasteiger partial charge in [0, 0.05) is 16.9 Å². The number of anilines is 2. The SMILES string of the molecule is COc1ccc(OC)c(C(=O)[C@H]2[C@H](C(=O)c3ccccc3Cl)N3c4ccccc4C=C[C@@H]3[C@]23C(=O)Nc2ccccc23)c1. The highest BCUT2D eigenvalue weighted by Gasteiger charge is 2.70. The number of rotatable bonds is 6. The zero-order valence-corrected chi connectivity index (χ0v) is 24.2. The molecule has 1 amide bonds. The highest BCUT2D eigenvalue weighted by Crippen LogP contribution is 2.58. The molecule has 0 radical (unpaired) electrons. The van der Waals surface area contributed by atoms with Crippen molar-refractivity contribution in [1.29, 1.82) is 0 Å².